The van der Waals surface area contributed by atoms with E-state index in [9.17, 15) is 0 Å². The van der Waals surface area contributed by atoms with E-state index in [0.29, 0.717) is 0 Å². The number of nitrogens with two attached hydrogens (primary N) is 1. The van der Waals surface area contributed by atoms with Gasteiger partial charge in [-0.1, -0.05) is 18.2 Å². The minimum Gasteiger partial charge on any atom is -0.367 e. The van der Waals surface area contributed by atoms with E-state index < -0.39 is 0 Å². The van der Waals surface area contributed by atoms with Crippen molar-refractivity contribution in [1.29, 1.82) is 0 Å². The lowest BCUT2D eigenvalue weighted by molar-refractivity contribution is 0.917. The highest BCUT2D eigenvalue weighted by atomic mass is 15.3. The largest absolute Gasteiger partial charge is 0.367 e. The molecule has 0 saturated heterocycles. The second kappa shape index (κ2) is 6.65. The summed E-state index contributed by atoms with van der Waals surface area (Å²) >= 11 is 0. The minimum absolute atomic E-state index is 0.261. The Morgan fingerprint density at radius 3 is 2.86 bits per heavy atom. The topological polar surface area (TPSA) is 68.6 Å². The van der Waals surface area contributed by atoms with Gasteiger partial charge in [0.05, 0.1) is 11.7 Å². The third-order valence-electron chi connectivity index (χ3n) is 2.99. The average molecular weight is 281 g/mol. The first-order chi connectivity index (χ1) is 10.2. The predicted octanol–water partition coefficient (Wildman–Crippen LogP) is 3.27. The third kappa shape index (κ3) is 3.45. The van der Waals surface area contributed by atoms with Crippen molar-refractivity contribution in [3.8, 4) is 0 Å². The Hall–Kier alpha value is -2.69. The van der Waals surface area contributed by atoms with Crippen LogP contribution in [0, 0.1) is 0 Å². The summed E-state index contributed by atoms with van der Waals surface area (Å²) in [6.07, 6.45) is 13.4. The van der Waals surface area contributed by atoms with E-state index in [1.165, 1.54) is 0 Å². The molecule has 2 aromatic heterocycles. The molecule has 0 atom stereocenters. The lowest BCUT2D eigenvalue weighted by atomic mass is 10.1. The van der Waals surface area contributed by atoms with Gasteiger partial charge in [0.25, 0.3) is 0 Å². The summed E-state index contributed by atoms with van der Waals surface area (Å²) in [5.41, 5.74) is 9.60. The molecule has 2 rings (SSSR count). The van der Waals surface area contributed by atoms with E-state index in [4.69, 9.17) is 5.73 Å². The molecule has 5 nitrogen and oxygen atoms in total. The lowest BCUT2D eigenvalue weighted by Gasteiger charge is -2.01. The molecular formula is C16H19N5. The number of nitrogens with zero attached hydrogens (tertiary/aromatic N) is 4. The van der Waals surface area contributed by atoms with Crippen LogP contribution in [0.15, 0.2) is 54.0 Å². The Morgan fingerprint density at radius 2 is 2.14 bits per heavy atom. The number of nitrogen functional groups attached to an aromatic ring is 1. The van der Waals surface area contributed by atoms with Gasteiger partial charge in [-0.15, -0.1) is 5.10 Å². The Bertz CT molecular complexity index is 747. The van der Waals surface area contributed by atoms with Crippen molar-refractivity contribution in [1.82, 2.24) is 14.6 Å². The third-order valence-corrected chi connectivity index (χ3v) is 2.99. The van der Waals surface area contributed by atoms with E-state index in [0.717, 1.165) is 22.4 Å². The van der Waals surface area contributed by atoms with Crippen molar-refractivity contribution in [2.24, 2.45) is 4.99 Å². The highest BCUT2D eigenvalue weighted by Gasteiger charge is 2.06. The molecule has 21 heavy (non-hydrogen) atoms. The number of rotatable bonds is 4. The highest BCUT2D eigenvalue weighted by molar-refractivity contribution is 5.96. The van der Waals surface area contributed by atoms with Gasteiger partial charge >= 0.3 is 0 Å². The molecule has 108 valence electrons. The van der Waals surface area contributed by atoms with E-state index in [1.807, 2.05) is 57.3 Å². The van der Waals surface area contributed by atoms with Gasteiger partial charge in [-0.3, -0.25) is 4.99 Å². The van der Waals surface area contributed by atoms with Crippen molar-refractivity contribution in [2.75, 3.05) is 5.73 Å². The molecule has 5 heteroatoms. The Morgan fingerprint density at radius 1 is 1.33 bits per heavy atom. The number of anilines is 1. The van der Waals surface area contributed by atoms with Gasteiger partial charge < -0.3 is 5.73 Å². The molecule has 0 aliphatic carbocycles. The van der Waals surface area contributed by atoms with E-state index in [1.54, 1.807) is 16.9 Å². The van der Waals surface area contributed by atoms with E-state index >= 15 is 0 Å². The number of allylic oxidation sites excluding steroid dienone is 5. The van der Waals surface area contributed by atoms with Crippen molar-refractivity contribution in [3.63, 3.8) is 0 Å². The van der Waals surface area contributed by atoms with Crippen LogP contribution < -0.4 is 5.73 Å². The predicted molar refractivity (Wildman–Crippen MR) is 88.1 cm³/mol. The zero-order valence-electron chi connectivity index (χ0n) is 12.5. The molecule has 0 saturated carbocycles. The van der Waals surface area contributed by atoms with Gasteiger partial charge in [0.1, 0.15) is 0 Å². The average Bonchev–Trinajstić information content (AvgIpc) is 2.89. The Labute approximate surface area is 124 Å². The molecule has 0 aliphatic heterocycles. The van der Waals surface area contributed by atoms with Gasteiger partial charge in [0, 0.05) is 23.7 Å². The fourth-order valence-corrected chi connectivity index (χ4v) is 1.94. The lowest BCUT2D eigenvalue weighted by Crippen LogP contribution is -1.99. The number of hydrogen-bond donors (Lipinski definition) is 1. The second-order valence-electron chi connectivity index (χ2n) is 4.51. The molecule has 2 aromatic rings. The summed E-state index contributed by atoms with van der Waals surface area (Å²) in [5.74, 6) is 0.261. The first-order valence-corrected chi connectivity index (χ1v) is 6.76. The molecule has 0 amide bonds. The fraction of sp³-hybridized carbons (Fsp3) is 0.188. The van der Waals surface area contributed by atoms with Crippen LogP contribution >= 0.6 is 0 Å². The van der Waals surface area contributed by atoms with Crippen LogP contribution in [0.5, 0.6) is 0 Å². The van der Waals surface area contributed by atoms with Gasteiger partial charge in [-0.2, -0.15) is 0 Å². The van der Waals surface area contributed by atoms with Crippen LogP contribution in [-0.2, 0) is 0 Å². The zero-order valence-corrected chi connectivity index (χ0v) is 12.5. The Balaban J connectivity index is 2.35. The van der Waals surface area contributed by atoms with Crippen LogP contribution in [0.2, 0.25) is 0 Å². The molecule has 0 aliphatic rings. The van der Waals surface area contributed by atoms with Crippen molar-refractivity contribution in [3.05, 3.63) is 54.5 Å². The van der Waals surface area contributed by atoms with Gasteiger partial charge in [-0.05, 0) is 38.5 Å². The zero-order chi connectivity index (χ0) is 15.2. The summed E-state index contributed by atoms with van der Waals surface area (Å²) in [5, 5.41) is 4.15. The number of aromatic nitrogens is 3. The molecule has 0 aromatic carbocycles. The van der Waals surface area contributed by atoms with Crippen LogP contribution in [0.4, 0.5) is 5.95 Å². The van der Waals surface area contributed by atoms with E-state index in [-0.39, 0.29) is 5.95 Å². The van der Waals surface area contributed by atoms with Gasteiger partial charge in [0.2, 0.25) is 5.95 Å². The first-order valence-electron chi connectivity index (χ1n) is 6.76. The van der Waals surface area contributed by atoms with Gasteiger partial charge in [-0.25, -0.2) is 9.50 Å². The van der Waals surface area contributed by atoms with Crippen LogP contribution in [-0.4, -0.2) is 20.3 Å². The quantitative estimate of drug-likeness (QED) is 0.690. The molecule has 0 bridgehead atoms. The maximum atomic E-state index is 5.59. The summed E-state index contributed by atoms with van der Waals surface area (Å²) in [6, 6.07) is 2.00. The maximum Gasteiger partial charge on any atom is 0.238 e. The smallest absolute Gasteiger partial charge is 0.238 e. The molecule has 2 heterocycles. The molecular weight excluding hydrogens is 262 g/mol. The SMILES string of the molecule is C\C=C/N=C(C)\C=C/C(=C\C)c1ccn2nc(N)ncc12. The van der Waals surface area contributed by atoms with Crippen LogP contribution in [0.3, 0.4) is 0 Å². The minimum atomic E-state index is 0.261. The molecule has 0 spiro atoms. The van der Waals surface area contributed by atoms with Crippen molar-refractivity contribution in [2.45, 2.75) is 20.8 Å². The van der Waals surface area contributed by atoms with Gasteiger partial charge in [0.15, 0.2) is 0 Å². The molecule has 2 N–H and O–H groups in total. The van der Waals surface area contributed by atoms with Crippen LogP contribution in [0.25, 0.3) is 11.1 Å². The summed E-state index contributed by atoms with van der Waals surface area (Å²) in [7, 11) is 0. The van der Waals surface area contributed by atoms with E-state index in [2.05, 4.69) is 15.1 Å². The molecule has 0 radical (unpaired) electrons. The summed E-state index contributed by atoms with van der Waals surface area (Å²) in [4.78, 5) is 8.33. The maximum absolute atomic E-state index is 5.59. The summed E-state index contributed by atoms with van der Waals surface area (Å²) in [6.45, 7) is 5.90. The number of aliphatic imine (C=N–C) groups is 1. The second-order valence-corrected chi connectivity index (χ2v) is 4.51. The monoisotopic (exact) mass is 281 g/mol. The highest BCUT2D eigenvalue weighted by Crippen LogP contribution is 2.22. The number of hydrogen-bond acceptors (Lipinski definition) is 4. The van der Waals surface area contributed by atoms with Crippen LogP contribution in [0.1, 0.15) is 26.3 Å². The standard InChI is InChI=1S/C16H19N5/c1-4-9-18-12(3)6-7-13(5-2)14-8-10-21-15(14)11-19-16(17)20-21/h4-11H,1-3H3,(H2,17,20)/b7-6-,9-4-,13-5+,18-12-. The van der Waals surface area contributed by atoms with Crippen molar-refractivity contribution >= 4 is 22.7 Å². The fourth-order valence-electron chi connectivity index (χ4n) is 1.94. The summed E-state index contributed by atoms with van der Waals surface area (Å²) < 4.78 is 1.73. The first kappa shape index (κ1) is 14.7. The molecule has 0 fully saturated rings. The number of fused-ring (bicyclic) bond motifs is 1. The normalized spacial score (nSPS) is 13.9. The van der Waals surface area contributed by atoms with Crippen molar-refractivity contribution < 1.29 is 0 Å². The Kier molecular flexibility index (Phi) is 4.66. The molecule has 0 unspecified atom stereocenters.